The van der Waals surface area contributed by atoms with Gasteiger partial charge < -0.3 is 15.0 Å². The minimum atomic E-state index is -0.0319. The second-order valence-electron chi connectivity index (χ2n) is 4.85. The van der Waals surface area contributed by atoms with Crippen LogP contribution in [-0.2, 0) is 11.2 Å². The molecule has 0 aliphatic heterocycles. The second kappa shape index (κ2) is 6.66. The Morgan fingerprint density at radius 3 is 2.81 bits per heavy atom. The quantitative estimate of drug-likeness (QED) is 0.695. The lowest BCUT2D eigenvalue weighted by Crippen LogP contribution is -2.27. The average molecular weight is 225 g/mol. The van der Waals surface area contributed by atoms with Crippen LogP contribution in [0, 0.1) is 0 Å². The highest BCUT2D eigenvalue weighted by molar-refractivity contribution is 4.86. The summed E-state index contributed by atoms with van der Waals surface area (Å²) in [5.41, 5.74) is -0.0319. The van der Waals surface area contributed by atoms with Gasteiger partial charge in [-0.3, -0.25) is 0 Å². The van der Waals surface area contributed by atoms with Gasteiger partial charge in [0.25, 0.3) is 0 Å². The van der Waals surface area contributed by atoms with Crippen LogP contribution in [0.15, 0.2) is 12.4 Å². The number of hydrogen-bond acceptors (Lipinski definition) is 3. The predicted octanol–water partition coefficient (Wildman–Crippen LogP) is 1.75. The molecule has 4 heteroatoms. The van der Waals surface area contributed by atoms with Crippen LogP contribution < -0.4 is 5.32 Å². The van der Waals surface area contributed by atoms with Crippen LogP contribution >= 0.6 is 0 Å². The highest BCUT2D eigenvalue weighted by atomic mass is 16.5. The highest BCUT2D eigenvalue weighted by Gasteiger charge is 2.08. The van der Waals surface area contributed by atoms with E-state index in [9.17, 15) is 0 Å². The minimum absolute atomic E-state index is 0.0319. The van der Waals surface area contributed by atoms with E-state index in [1.54, 1.807) is 6.20 Å². The third kappa shape index (κ3) is 6.58. The smallest absolute Gasteiger partial charge is 0.106 e. The van der Waals surface area contributed by atoms with E-state index in [0.717, 1.165) is 38.4 Å². The zero-order chi connectivity index (χ0) is 11.9. The monoisotopic (exact) mass is 225 g/mol. The number of hydrogen-bond donors (Lipinski definition) is 2. The SMILES string of the molecule is CC(C)(C)OCCNCCCc1ncc[nH]1. The average Bonchev–Trinajstić information content (AvgIpc) is 2.67. The number of aryl methyl sites for hydroxylation is 1. The van der Waals surface area contributed by atoms with Gasteiger partial charge in [0.2, 0.25) is 0 Å². The maximum absolute atomic E-state index is 5.60. The van der Waals surface area contributed by atoms with Crippen LogP contribution in [0.4, 0.5) is 0 Å². The van der Waals surface area contributed by atoms with Gasteiger partial charge in [-0.25, -0.2) is 4.98 Å². The summed E-state index contributed by atoms with van der Waals surface area (Å²) in [6.45, 7) is 8.91. The van der Waals surface area contributed by atoms with Crippen LogP contribution in [0.3, 0.4) is 0 Å². The molecule has 0 spiro atoms. The number of ether oxygens (including phenoxy) is 1. The number of aromatic nitrogens is 2. The van der Waals surface area contributed by atoms with Gasteiger partial charge in [0, 0.05) is 25.4 Å². The fourth-order valence-corrected chi connectivity index (χ4v) is 1.37. The van der Waals surface area contributed by atoms with Crippen LogP contribution in [0.2, 0.25) is 0 Å². The second-order valence-corrected chi connectivity index (χ2v) is 4.85. The van der Waals surface area contributed by atoms with Gasteiger partial charge in [0.05, 0.1) is 12.2 Å². The third-order valence-corrected chi connectivity index (χ3v) is 2.14. The Morgan fingerprint density at radius 2 is 2.19 bits per heavy atom. The molecule has 0 radical (unpaired) electrons. The first-order valence-corrected chi connectivity index (χ1v) is 5.91. The molecule has 0 fully saturated rings. The number of H-pyrrole nitrogens is 1. The van der Waals surface area contributed by atoms with Gasteiger partial charge in [-0.15, -0.1) is 0 Å². The molecular weight excluding hydrogens is 202 g/mol. The van der Waals surface area contributed by atoms with E-state index < -0.39 is 0 Å². The van der Waals surface area contributed by atoms with Crippen molar-refractivity contribution in [1.29, 1.82) is 0 Å². The Morgan fingerprint density at radius 1 is 1.38 bits per heavy atom. The molecule has 0 bridgehead atoms. The van der Waals surface area contributed by atoms with Crippen molar-refractivity contribution in [1.82, 2.24) is 15.3 Å². The zero-order valence-corrected chi connectivity index (χ0v) is 10.5. The first kappa shape index (κ1) is 13.2. The van der Waals surface area contributed by atoms with Gasteiger partial charge in [0.15, 0.2) is 0 Å². The standard InChI is InChI=1S/C12H23N3O/c1-12(2,3)16-10-9-13-6-4-5-11-14-7-8-15-11/h7-8,13H,4-6,9-10H2,1-3H3,(H,14,15). The molecule has 92 valence electrons. The van der Waals surface area contributed by atoms with E-state index in [-0.39, 0.29) is 5.60 Å². The first-order valence-electron chi connectivity index (χ1n) is 5.91. The van der Waals surface area contributed by atoms with Gasteiger partial charge >= 0.3 is 0 Å². The molecular formula is C12H23N3O. The molecule has 1 aromatic rings. The molecule has 0 atom stereocenters. The Balaban J connectivity index is 1.89. The normalized spacial score (nSPS) is 11.9. The van der Waals surface area contributed by atoms with Crippen LogP contribution in [0.5, 0.6) is 0 Å². The molecule has 1 aromatic heterocycles. The Kier molecular flexibility index (Phi) is 5.49. The van der Waals surface area contributed by atoms with Crippen molar-refractivity contribution in [3.63, 3.8) is 0 Å². The molecule has 1 heterocycles. The Bertz CT molecular complexity index is 264. The Hall–Kier alpha value is -0.870. The van der Waals surface area contributed by atoms with E-state index in [0.29, 0.717) is 0 Å². The molecule has 16 heavy (non-hydrogen) atoms. The third-order valence-electron chi connectivity index (χ3n) is 2.14. The summed E-state index contributed by atoms with van der Waals surface area (Å²) >= 11 is 0. The van der Waals surface area contributed by atoms with Crippen molar-refractivity contribution in [3.8, 4) is 0 Å². The predicted molar refractivity (Wildman–Crippen MR) is 65.5 cm³/mol. The van der Waals surface area contributed by atoms with Crippen molar-refractivity contribution < 1.29 is 4.74 Å². The summed E-state index contributed by atoms with van der Waals surface area (Å²) in [7, 11) is 0. The van der Waals surface area contributed by atoms with Crippen molar-refractivity contribution in [3.05, 3.63) is 18.2 Å². The van der Waals surface area contributed by atoms with Crippen molar-refractivity contribution in [2.24, 2.45) is 0 Å². The van der Waals surface area contributed by atoms with E-state index in [1.165, 1.54) is 0 Å². The van der Waals surface area contributed by atoms with Crippen LogP contribution in [0.1, 0.15) is 33.0 Å². The van der Waals surface area contributed by atoms with Crippen molar-refractivity contribution >= 4 is 0 Å². The summed E-state index contributed by atoms with van der Waals surface area (Å²) in [5.74, 6) is 1.06. The van der Waals surface area contributed by atoms with Gasteiger partial charge in [-0.2, -0.15) is 0 Å². The minimum Gasteiger partial charge on any atom is -0.375 e. The summed E-state index contributed by atoms with van der Waals surface area (Å²) in [6.07, 6.45) is 5.75. The Labute approximate surface area is 97.8 Å². The number of nitrogens with zero attached hydrogens (tertiary/aromatic N) is 1. The van der Waals surface area contributed by atoms with E-state index in [4.69, 9.17) is 4.74 Å². The lowest BCUT2D eigenvalue weighted by molar-refractivity contribution is -0.000745. The maximum Gasteiger partial charge on any atom is 0.106 e. The molecule has 0 saturated heterocycles. The summed E-state index contributed by atoms with van der Waals surface area (Å²) in [6, 6.07) is 0. The largest absolute Gasteiger partial charge is 0.375 e. The summed E-state index contributed by atoms with van der Waals surface area (Å²) in [4.78, 5) is 7.27. The number of aromatic amines is 1. The summed E-state index contributed by atoms with van der Waals surface area (Å²) in [5, 5.41) is 3.35. The molecule has 0 aliphatic rings. The number of nitrogens with one attached hydrogen (secondary N) is 2. The topological polar surface area (TPSA) is 49.9 Å². The van der Waals surface area contributed by atoms with Crippen LogP contribution in [0.25, 0.3) is 0 Å². The molecule has 0 aliphatic carbocycles. The maximum atomic E-state index is 5.60. The molecule has 0 saturated carbocycles. The molecule has 2 N–H and O–H groups in total. The number of imidazole rings is 1. The number of rotatable bonds is 7. The first-order chi connectivity index (χ1) is 7.58. The molecule has 4 nitrogen and oxygen atoms in total. The van der Waals surface area contributed by atoms with Gasteiger partial charge in [-0.1, -0.05) is 0 Å². The summed E-state index contributed by atoms with van der Waals surface area (Å²) < 4.78 is 5.60. The van der Waals surface area contributed by atoms with Gasteiger partial charge in [0.1, 0.15) is 5.82 Å². The van der Waals surface area contributed by atoms with Gasteiger partial charge in [-0.05, 0) is 33.7 Å². The van der Waals surface area contributed by atoms with E-state index in [1.807, 2.05) is 6.20 Å². The molecule has 1 rings (SSSR count). The lowest BCUT2D eigenvalue weighted by Gasteiger charge is -2.19. The van der Waals surface area contributed by atoms with E-state index in [2.05, 4.69) is 36.1 Å². The fraction of sp³-hybridized carbons (Fsp3) is 0.750. The fourth-order valence-electron chi connectivity index (χ4n) is 1.37. The highest BCUT2D eigenvalue weighted by Crippen LogP contribution is 2.04. The molecule has 0 amide bonds. The lowest BCUT2D eigenvalue weighted by atomic mass is 10.2. The zero-order valence-electron chi connectivity index (χ0n) is 10.5. The van der Waals surface area contributed by atoms with Crippen molar-refractivity contribution in [2.45, 2.75) is 39.2 Å². The van der Waals surface area contributed by atoms with E-state index >= 15 is 0 Å². The van der Waals surface area contributed by atoms with Crippen molar-refractivity contribution in [2.75, 3.05) is 19.7 Å². The molecule has 0 unspecified atom stereocenters. The van der Waals surface area contributed by atoms with Crippen LogP contribution in [-0.4, -0.2) is 35.3 Å². The molecule has 0 aromatic carbocycles.